The molecule has 1 aromatic heterocycles. The van der Waals surface area contributed by atoms with Crippen LogP contribution in [-0.2, 0) is 17.8 Å². The number of aryl methyl sites for hydroxylation is 1. The predicted molar refractivity (Wildman–Crippen MR) is 112 cm³/mol. The van der Waals surface area contributed by atoms with Crippen molar-refractivity contribution in [3.05, 3.63) is 82.7 Å². The molecule has 1 heterocycles. The van der Waals surface area contributed by atoms with Gasteiger partial charge in [0, 0.05) is 24.9 Å². The number of carbonyl (C=O) groups excluding carboxylic acids is 1. The van der Waals surface area contributed by atoms with Crippen molar-refractivity contribution in [3.8, 4) is 5.75 Å². The first-order valence-corrected chi connectivity index (χ1v) is 9.66. The largest absolute Gasteiger partial charge is 0.490 e. The Labute approximate surface area is 171 Å². The predicted octanol–water partition coefficient (Wildman–Crippen LogP) is 3.50. The number of carbonyl (C=O) groups is 1. The summed E-state index contributed by atoms with van der Waals surface area (Å²) >= 11 is 0. The molecular weight excluding hydrogens is 366 g/mol. The number of methoxy groups -OCH3 is 1. The Balaban J connectivity index is 1.68. The molecule has 0 fully saturated rings. The average molecular weight is 393 g/mol. The molecule has 3 rings (SSSR count). The minimum atomic E-state index is -0.173. The van der Waals surface area contributed by atoms with Gasteiger partial charge in [-0.05, 0) is 31.5 Å². The van der Waals surface area contributed by atoms with Gasteiger partial charge in [0.25, 0.3) is 5.91 Å². The average Bonchev–Trinajstić information content (AvgIpc) is 3.00. The van der Waals surface area contributed by atoms with Gasteiger partial charge in [-0.1, -0.05) is 42.5 Å². The Bertz CT molecular complexity index is 951. The van der Waals surface area contributed by atoms with Crippen LogP contribution in [0, 0.1) is 13.8 Å². The maximum Gasteiger partial charge on any atom is 0.255 e. The lowest BCUT2D eigenvalue weighted by Gasteiger charge is -2.12. The van der Waals surface area contributed by atoms with E-state index in [9.17, 15) is 4.79 Å². The molecule has 0 radical (unpaired) electrons. The van der Waals surface area contributed by atoms with Crippen molar-refractivity contribution < 1.29 is 14.3 Å². The van der Waals surface area contributed by atoms with Gasteiger partial charge in [-0.15, -0.1) is 0 Å². The monoisotopic (exact) mass is 393 g/mol. The SMILES string of the molecule is COCCOc1ccccc1C(=O)NCc1c(C)nn(Cc2ccccc2)c1C. The highest BCUT2D eigenvalue weighted by Crippen LogP contribution is 2.19. The van der Waals surface area contributed by atoms with Crippen LogP contribution in [0.25, 0.3) is 0 Å². The third kappa shape index (κ3) is 5.23. The van der Waals surface area contributed by atoms with E-state index >= 15 is 0 Å². The molecule has 0 atom stereocenters. The summed E-state index contributed by atoms with van der Waals surface area (Å²) < 4.78 is 12.7. The first-order valence-electron chi connectivity index (χ1n) is 9.66. The Hall–Kier alpha value is -3.12. The zero-order chi connectivity index (χ0) is 20.6. The molecule has 0 bridgehead atoms. The number of ether oxygens (including phenoxy) is 2. The van der Waals surface area contributed by atoms with E-state index in [0.29, 0.717) is 37.6 Å². The van der Waals surface area contributed by atoms with Crippen molar-refractivity contribution >= 4 is 5.91 Å². The zero-order valence-electron chi connectivity index (χ0n) is 17.1. The van der Waals surface area contributed by atoms with E-state index in [2.05, 4.69) is 22.5 Å². The summed E-state index contributed by atoms with van der Waals surface area (Å²) in [6.07, 6.45) is 0. The van der Waals surface area contributed by atoms with Crippen molar-refractivity contribution in [2.24, 2.45) is 0 Å². The molecule has 0 saturated carbocycles. The normalized spacial score (nSPS) is 10.7. The fourth-order valence-electron chi connectivity index (χ4n) is 3.18. The van der Waals surface area contributed by atoms with Crippen molar-refractivity contribution in [1.29, 1.82) is 0 Å². The molecule has 152 valence electrons. The quantitative estimate of drug-likeness (QED) is 0.565. The van der Waals surface area contributed by atoms with E-state index in [1.54, 1.807) is 19.2 Å². The fourth-order valence-corrected chi connectivity index (χ4v) is 3.18. The van der Waals surface area contributed by atoms with Crippen LogP contribution in [0.5, 0.6) is 5.75 Å². The van der Waals surface area contributed by atoms with Gasteiger partial charge in [-0.3, -0.25) is 9.48 Å². The topological polar surface area (TPSA) is 65.4 Å². The molecule has 0 saturated heterocycles. The number of hydrogen-bond acceptors (Lipinski definition) is 4. The van der Waals surface area contributed by atoms with Crippen LogP contribution in [0.4, 0.5) is 0 Å². The molecule has 1 amide bonds. The summed E-state index contributed by atoms with van der Waals surface area (Å²) in [5.41, 5.74) is 4.71. The van der Waals surface area contributed by atoms with Crippen molar-refractivity contribution in [2.45, 2.75) is 26.9 Å². The highest BCUT2D eigenvalue weighted by molar-refractivity contribution is 5.96. The van der Waals surface area contributed by atoms with Gasteiger partial charge in [0.1, 0.15) is 12.4 Å². The lowest BCUT2D eigenvalue weighted by atomic mass is 10.1. The van der Waals surface area contributed by atoms with E-state index in [4.69, 9.17) is 9.47 Å². The van der Waals surface area contributed by atoms with Gasteiger partial charge in [-0.2, -0.15) is 5.10 Å². The molecule has 3 aromatic rings. The number of amides is 1. The highest BCUT2D eigenvalue weighted by atomic mass is 16.5. The van der Waals surface area contributed by atoms with Crippen LogP contribution in [0.3, 0.4) is 0 Å². The smallest absolute Gasteiger partial charge is 0.255 e. The van der Waals surface area contributed by atoms with E-state index in [0.717, 1.165) is 17.0 Å². The van der Waals surface area contributed by atoms with Gasteiger partial charge in [-0.25, -0.2) is 0 Å². The van der Waals surface area contributed by atoms with E-state index in [1.165, 1.54) is 5.56 Å². The molecule has 2 aromatic carbocycles. The number of nitrogens with one attached hydrogen (secondary N) is 1. The Morgan fingerprint density at radius 3 is 2.52 bits per heavy atom. The minimum absolute atomic E-state index is 0.173. The fraction of sp³-hybridized carbons (Fsp3) is 0.304. The van der Waals surface area contributed by atoms with Gasteiger partial charge < -0.3 is 14.8 Å². The first kappa shape index (κ1) is 20.6. The van der Waals surface area contributed by atoms with Crippen LogP contribution in [0.2, 0.25) is 0 Å². The number of hydrogen-bond donors (Lipinski definition) is 1. The molecule has 0 spiro atoms. The molecule has 6 nitrogen and oxygen atoms in total. The lowest BCUT2D eigenvalue weighted by Crippen LogP contribution is -2.24. The van der Waals surface area contributed by atoms with Gasteiger partial charge in [0.15, 0.2) is 0 Å². The summed E-state index contributed by atoms with van der Waals surface area (Å²) in [5.74, 6) is 0.378. The minimum Gasteiger partial charge on any atom is -0.490 e. The number of para-hydroxylation sites is 1. The molecule has 0 unspecified atom stereocenters. The summed E-state index contributed by atoms with van der Waals surface area (Å²) in [6, 6.07) is 17.4. The van der Waals surface area contributed by atoms with Crippen molar-refractivity contribution in [2.75, 3.05) is 20.3 Å². The third-order valence-electron chi connectivity index (χ3n) is 4.81. The lowest BCUT2D eigenvalue weighted by molar-refractivity contribution is 0.0943. The second-order valence-corrected chi connectivity index (χ2v) is 6.81. The molecule has 6 heteroatoms. The van der Waals surface area contributed by atoms with Gasteiger partial charge >= 0.3 is 0 Å². The van der Waals surface area contributed by atoms with Crippen molar-refractivity contribution in [3.63, 3.8) is 0 Å². The maximum absolute atomic E-state index is 12.7. The standard InChI is InChI=1S/C23H27N3O3/c1-17-21(18(2)26(25-17)16-19-9-5-4-6-10-19)15-24-23(27)20-11-7-8-12-22(20)29-14-13-28-3/h4-12H,13-16H2,1-3H3,(H,24,27). The van der Waals surface area contributed by atoms with Gasteiger partial charge in [0.05, 0.1) is 24.4 Å². The third-order valence-corrected chi connectivity index (χ3v) is 4.81. The number of nitrogens with zero attached hydrogens (tertiary/aromatic N) is 2. The number of aromatic nitrogens is 2. The van der Waals surface area contributed by atoms with Crippen LogP contribution >= 0.6 is 0 Å². The summed E-state index contributed by atoms with van der Waals surface area (Å²) in [6.45, 7) is 5.99. The molecule has 0 aliphatic rings. The van der Waals surface area contributed by atoms with E-state index in [1.807, 2.05) is 48.9 Å². The van der Waals surface area contributed by atoms with Crippen LogP contribution < -0.4 is 10.1 Å². The molecule has 29 heavy (non-hydrogen) atoms. The summed E-state index contributed by atoms with van der Waals surface area (Å²) in [4.78, 5) is 12.7. The zero-order valence-corrected chi connectivity index (χ0v) is 17.1. The van der Waals surface area contributed by atoms with Crippen LogP contribution in [0.1, 0.15) is 32.9 Å². The van der Waals surface area contributed by atoms with Crippen molar-refractivity contribution in [1.82, 2.24) is 15.1 Å². The van der Waals surface area contributed by atoms with Crippen LogP contribution in [0.15, 0.2) is 54.6 Å². The Morgan fingerprint density at radius 2 is 1.76 bits per heavy atom. The highest BCUT2D eigenvalue weighted by Gasteiger charge is 2.16. The van der Waals surface area contributed by atoms with Crippen LogP contribution in [-0.4, -0.2) is 36.0 Å². The maximum atomic E-state index is 12.7. The molecular formula is C23H27N3O3. The van der Waals surface area contributed by atoms with E-state index < -0.39 is 0 Å². The Morgan fingerprint density at radius 1 is 1.03 bits per heavy atom. The second-order valence-electron chi connectivity index (χ2n) is 6.81. The van der Waals surface area contributed by atoms with E-state index in [-0.39, 0.29) is 5.91 Å². The Kier molecular flexibility index (Phi) is 7.03. The second kappa shape index (κ2) is 9.89. The number of rotatable bonds is 9. The number of benzene rings is 2. The molecule has 1 N–H and O–H groups in total. The summed E-state index contributed by atoms with van der Waals surface area (Å²) in [7, 11) is 1.62. The summed E-state index contributed by atoms with van der Waals surface area (Å²) in [5, 5.41) is 7.65. The molecule has 0 aliphatic heterocycles. The molecule has 0 aliphatic carbocycles. The first-order chi connectivity index (χ1) is 14.1. The van der Waals surface area contributed by atoms with Gasteiger partial charge in [0.2, 0.25) is 0 Å².